The Kier molecular flexibility index (Phi) is 6.03. The van der Waals surface area contributed by atoms with E-state index >= 15 is 0 Å². The average molecular weight is 209 g/mol. The van der Waals surface area contributed by atoms with Gasteiger partial charge in [-0.3, -0.25) is 4.79 Å². The van der Waals surface area contributed by atoms with Gasteiger partial charge < -0.3 is 15.8 Å². The molecule has 0 saturated carbocycles. The minimum Gasteiger partial charge on any atom is -0.381 e. The van der Waals surface area contributed by atoms with E-state index in [1.807, 2.05) is 6.92 Å². The van der Waals surface area contributed by atoms with Gasteiger partial charge >= 0.3 is 0 Å². The summed E-state index contributed by atoms with van der Waals surface area (Å²) in [5.41, 5.74) is 5.37. The number of nitrogens with one attached hydrogen (secondary N) is 1. The topological polar surface area (TPSA) is 64.3 Å². The van der Waals surface area contributed by atoms with Gasteiger partial charge in [0.25, 0.3) is 0 Å². The first kappa shape index (κ1) is 12.7. The van der Waals surface area contributed by atoms with Crippen molar-refractivity contribution in [2.75, 3.05) is 19.8 Å². The van der Waals surface area contributed by atoms with Gasteiger partial charge in [0.2, 0.25) is 5.91 Å². The van der Waals surface area contributed by atoms with Gasteiger partial charge in [0, 0.05) is 19.2 Å². The molecule has 1 unspecified atom stereocenters. The molecule has 5 heteroatoms. The summed E-state index contributed by atoms with van der Waals surface area (Å²) in [6.07, 6.45) is 0.836. The molecule has 1 amide bonds. The molecule has 0 aromatic heterocycles. The molecule has 2 atom stereocenters. The quantitative estimate of drug-likeness (QED) is 0.682. The van der Waals surface area contributed by atoms with Crippen LogP contribution in [0.5, 0.6) is 0 Å². The molecule has 1 saturated heterocycles. The first-order chi connectivity index (χ1) is 5.74. The number of halogens is 1. The Balaban J connectivity index is 0.00000144. The van der Waals surface area contributed by atoms with Crippen LogP contribution >= 0.6 is 12.4 Å². The van der Waals surface area contributed by atoms with E-state index in [-0.39, 0.29) is 30.3 Å². The lowest BCUT2D eigenvalue weighted by molar-refractivity contribution is -0.125. The van der Waals surface area contributed by atoms with Crippen molar-refractivity contribution in [2.45, 2.75) is 19.4 Å². The Morgan fingerprint density at radius 1 is 1.77 bits per heavy atom. The molecule has 0 spiro atoms. The van der Waals surface area contributed by atoms with E-state index in [9.17, 15) is 4.79 Å². The van der Waals surface area contributed by atoms with Gasteiger partial charge in [0.1, 0.15) is 0 Å². The summed E-state index contributed by atoms with van der Waals surface area (Å²) >= 11 is 0. The maximum absolute atomic E-state index is 11.4. The van der Waals surface area contributed by atoms with Gasteiger partial charge in [0.05, 0.1) is 12.5 Å². The number of hydrogen-bond acceptors (Lipinski definition) is 3. The maximum atomic E-state index is 11.4. The highest BCUT2D eigenvalue weighted by Gasteiger charge is 2.23. The van der Waals surface area contributed by atoms with E-state index in [0.29, 0.717) is 19.8 Å². The van der Waals surface area contributed by atoms with Crippen LogP contribution in [0.25, 0.3) is 0 Å². The third-order valence-corrected chi connectivity index (χ3v) is 2.04. The smallest absolute Gasteiger partial charge is 0.225 e. The van der Waals surface area contributed by atoms with Crippen molar-refractivity contribution >= 4 is 18.3 Å². The number of amides is 1. The zero-order valence-electron chi connectivity index (χ0n) is 7.79. The molecule has 78 valence electrons. The minimum atomic E-state index is 0. The summed E-state index contributed by atoms with van der Waals surface area (Å²) < 4.78 is 5.10. The minimum absolute atomic E-state index is 0. The standard InChI is InChI=1S/C8H16N2O2.ClH/c1-6(4-9)10-8(11)7-2-3-12-5-7;/h6-7H,2-5,9H2,1H3,(H,10,11);1H/t6-,7?;/m0./s1. The SMILES string of the molecule is C[C@@H](CN)NC(=O)C1CCOC1.Cl. The predicted molar refractivity (Wildman–Crippen MR) is 52.8 cm³/mol. The maximum Gasteiger partial charge on any atom is 0.225 e. The number of ether oxygens (including phenoxy) is 1. The van der Waals surface area contributed by atoms with Crippen molar-refractivity contribution in [1.82, 2.24) is 5.32 Å². The fraction of sp³-hybridized carbons (Fsp3) is 0.875. The zero-order chi connectivity index (χ0) is 8.97. The van der Waals surface area contributed by atoms with Crippen LogP contribution in [0.1, 0.15) is 13.3 Å². The van der Waals surface area contributed by atoms with Crippen LogP contribution < -0.4 is 11.1 Å². The zero-order valence-corrected chi connectivity index (χ0v) is 8.60. The average Bonchev–Trinajstić information content (AvgIpc) is 2.56. The lowest BCUT2D eigenvalue weighted by Gasteiger charge is -2.13. The van der Waals surface area contributed by atoms with Crippen molar-refractivity contribution in [1.29, 1.82) is 0 Å². The van der Waals surface area contributed by atoms with Gasteiger partial charge in [-0.15, -0.1) is 12.4 Å². The third-order valence-electron chi connectivity index (χ3n) is 2.04. The van der Waals surface area contributed by atoms with Gasteiger partial charge in [-0.1, -0.05) is 0 Å². The van der Waals surface area contributed by atoms with Crippen molar-refractivity contribution in [3.63, 3.8) is 0 Å². The van der Waals surface area contributed by atoms with E-state index in [1.54, 1.807) is 0 Å². The molecule has 13 heavy (non-hydrogen) atoms. The predicted octanol–water partition coefficient (Wildman–Crippen LogP) is -0.0919. The van der Waals surface area contributed by atoms with Crippen LogP contribution in [-0.2, 0) is 9.53 Å². The summed E-state index contributed by atoms with van der Waals surface area (Å²) in [7, 11) is 0. The van der Waals surface area contributed by atoms with Crippen LogP contribution in [0.4, 0.5) is 0 Å². The highest BCUT2D eigenvalue weighted by Crippen LogP contribution is 2.11. The van der Waals surface area contributed by atoms with E-state index in [0.717, 1.165) is 6.42 Å². The van der Waals surface area contributed by atoms with Crippen LogP contribution in [-0.4, -0.2) is 31.7 Å². The number of hydrogen-bond donors (Lipinski definition) is 2. The van der Waals surface area contributed by atoms with Gasteiger partial charge in [0.15, 0.2) is 0 Å². The normalized spacial score (nSPS) is 23.4. The van der Waals surface area contributed by atoms with Crippen molar-refractivity contribution in [3.05, 3.63) is 0 Å². The Morgan fingerprint density at radius 3 is 2.92 bits per heavy atom. The van der Waals surface area contributed by atoms with Crippen LogP contribution in [0.3, 0.4) is 0 Å². The Hall–Kier alpha value is -0.320. The highest BCUT2D eigenvalue weighted by molar-refractivity contribution is 5.85. The molecule has 1 aliphatic heterocycles. The van der Waals surface area contributed by atoms with Gasteiger partial charge in [-0.25, -0.2) is 0 Å². The van der Waals surface area contributed by atoms with E-state index < -0.39 is 0 Å². The van der Waals surface area contributed by atoms with E-state index in [2.05, 4.69) is 5.32 Å². The number of carbonyl (C=O) groups is 1. The fourth-order valence-electron chi connectivity index (χ4n) is 1.16. The third kappa shape index (κ3) is 3.93. The van der Waals surface area contributed by atoms with Crippen molar-refractivity contribution in [3.8, 4) is 0 Å². The summed E-state index contributed by atoms with van der Waals surface area (Å²) in [5.74, 6) is 0.115. The molecule has 0 radical (unpaired) electrons. The lowest BCUT2D eigenvalue weighted by atomic mass is 10.1. The Labute approximate surface area is 84.6 Å². The van der Waals surface area contributed by atoms with Crippen molar-refractivity contribution in [2.24, 2.45) is 11.7 Å². The molecule has 0 aliphatic carbocycles. The highest BCUT2D eigenvalue weighted by atomic mass is 35.5. The van der Waals surface area contributed by atoms with E-state index in [1.165, 1.54) is 0 Å². The molecular formula is C8H17ClN2O2. The van der Waals surface area contributed by atoms with E-state index in [4.69, 9.17) is 10.5 Å². The molecule has 4 nitrogen and oxygen atoms in total. The van der Waals surface area contributed by atoms with Crippen molar-refractivity contribution < 1.29 is 9.53 Å². The summed E-state index contributed by atoms with van der Waals surface area (Å²) in [4.78, 5) is 11.4. The second-order valence-corrected chi connectivity index (χ2v) is 3.21. The second kappa shape index (κ2) is 6.18. The summed E-state index contributed by atoms with van der Waals surface area (Å²) in [6.45, 7) is 3.64. The van der Waals surface area contributed by atoms with Gasteiger partial charge in [-0.2, -0.15) is 0 Å². The lowest BCUT2D eigenvalue weighted by Crippen LogP contribution is -2.41. The first-order valence-electron chi connectivity index (χ1n) is 4.32. The van der Waals surface area contributed by atoms with Crippen LogP contribution in [0.15, 0.2) is 0 Å². The summed E-state index contributed by atoms with van der Waals surface area (Å²) in [5, 5.41) is 2.83. The molecular weight excluding hydrogens is 192 g/mol. The first-order valence-corrected chi connectivity index (χ1v) is 4.32. The molecule has 0 bridgehead atoms. The molecule has 0 aromatic rings. The number of carbonyl (C=O) groups excluding carboxylic acids is 1. The van der Waals surface area contributed by atoms with Crippen LogP contribution in [0, 0.1) is 5.92 Å². The Bertz CT molecular complexity index is 160. The fourth-order valence-corrected chi connectivity index (χ4v) is 1.16. The molecule has 1 heterocycles. The monoisotopic (exact) mass is 208 g/mol. The molecule has 3 N–H and O–H groups in total. The number of rotatable bonds is 3. The molecule has 1 aliphatic rings. The number of nitrogens with two attached hydrogens (primary N) is 1. The molecule has 0 aromatic carbocycles. The summed E-state index contributed by atoms with van der Waals surface area (Å²) in [6, 6.07) is 0.0677. The second-order valence-electron chi connectivity index (χ2n) is 3.21. The molecule has 1 rings (SSSR count). The largest absolute Gasteiger partial charge is 0.381 e. The van der Waals surface area contributed by atoms with Crippen LogP contribution in [0.2, 0.25) is 0 Å². The van der Waals surface area contributed by atoms with Gasteiger partial charge in [-0.05, 0) is 13.3 Å². The molecule has 1 fully saturated rings. The Morgan fingerprint density at radius 2 is 2.46 bits per heavy atom.